The maximum absolute atomic E-state index is 14.0. The van der Waals surface area contributed by atoms with Crippen LogP contribution in [-0.2, 0) is 11.3 Å². The number of halogens is 2. The number of hydrogen-bond acceptors (Lipinski definition) is 4. The van der Waals surface area contributed by atoms with Crippen LogP contribution in [0.2, 0.25) is 0 Å². The molecule has 0 atom stereocenters. The zero-order valence-electron chi connectivity index (χ0n) is 13.1. The van der Waals surface area contributed by atoms with Crippen molar-refractivity contribution in [2.24, 2.45) is 0 Å². The van der Waals surface area contributed by atoms with E-state index in [1.54, 1.807) is 6.92 Å². The van der Waals surface area contributed by atoms with Crippen LogP contribution in [0.25, 0.3) is 22.3 Å². The molecule has 0 aliphatic heterocycles. The molecule has 126 valence electrons. The number of rotatable bonds is 4. The third-order valence-electron chi connectivity index (χ3n) is 3.77. The Hall–Kier alpha value is -2.74. The fourth-order valence-electron chi connectivity index (χ4n) is 2.65. The van der Waals surface area contributed by atoms with Crippen LogP contribution in [0.4, 0.5) is 8.78 Å². The van der Waals surface area contributed by atoms with E-state index in [2.05, 4.69) is 10.1 Å². The minimum Gasteiger partial charge on any atom is -0.503 e. The lowest BCUT2D eigenvalue weighted by molar-refractivity contribution is 0.184. The van der Waals surface area contributed by atoms with Crippen LogP contribution < -0.4 is 5.43 Å². The van der Waals surface area contributed by atoms with Crippen LogP contribution in [-0.4, -0.2) is 33.6 Å². The van der Waals surface area contributed by atoms with Gasteiger partial charge in [-0.1, -0.05) is 6.07 Å². The molecule has 0 fully saturated rings. The summed E-state index contributed by atoms with van der Waals surface area (Å²) < 4.78 is 34.5. The predicted octanol–water partition coefficient (Wildman–Crippen LogP) is 2.33. The topological polar surface area (TPSA) is 80.1 Å². The van der Waals surface area contributed by atoms with E-state index in [1.807, 2.05) is 0 Å². The maximum atomic E-state index is 14.0. The largest absolute Gasteiger partial charge is 0.503 e. The first-order valence-electron chi connectivity index (χ1n) is 7.21. The van der Waals surface area contributed by atoms with E-state index in [9.17, 15) is 18.7 Å². The van der Waals surface area contributed by atoms with Crippen LogP contribution >= 0.6 is 0 Å². The number of benzene rings is 1. The van der Waals surface area contributed by atoms with Crippen molar-refractivity contribution in [3.63, 3.8) is 0 Å². The number of aromatic hydroxyl groups is 1. The van der Waals surface area contributed by atoms with Crippen molar-refractivity contribution in [1.29, 1.82) is 0 Å². The Kier molecular flexibility index (Phi) is 4.06. The van der Waals surface area contributed by atoms with Crippen LogP contribution in [0.15, 0.2) is 23.0 Å². The molecule has 2 heterocycles. The zero-order chi connectivity index (χ0) is 17.4. The number of nitrogens with one attached hydrogen (secondary N) is 1. The first-order chi connectivity index (χ1) is 11.5. The van der Waals surface area contributed by atoms with Crippen LogP contribution in [0.5, 0.6) is 5.75 Å². The molecule has 0 unspecified atom stereocenters. The fourth-order valence-corrected chi connectivity index (χ4v) is 2.65. The molecule has 8 heteroatoms. The van der Waals surface area contributed by atoms with Crippen molar-refractivity contribution >= 4 is 11.0 Å². The highest BCUT2D eigenvalue weighted by Crippen LogP contribution is 2.31. The normalized spacial score (nSPS) is 11.3. The van der Waals surface area contributed by atoms with Gasteiger partial charge in [0.25, 0.3) is 0 Å². The van der Waals surface area contributed by atoms with Crippen LogP contribution in [0.3, 0.4) is 0 Å². The Labute approximate surface area is 135 Å². The number of H-pyrrole nitrogens is 1. The van der Waals surface area contributed by atoms with E-state index < -0.39 is 28.4 Å². The van der Waals surface area contributed by atoms with Gasteiger partial charge in [-0.3, -0.25) is 4.79 Å². The van der Waals surface area contributed by atoms with Gasteiger partial charge in [-0.25, -0.2) is 13.5 Å². The maximum Gasteiger partial charge on any atom is 0.235 e. The Morgan fingerprint density at radius 3 is 2.62 bits per heavy atom. The van der Waals surface area contributed by atoms with E-state index in [1.165, 1.54) is 17.9 Å². The lowest BCUT2D eigenvalue weighted by Crippen LogP contribution is -2.10. The molecule has 0 aliphatic carbocycles. The number of nitrogens with zero attached hydrogens (tertiary/aromatic N) is 2. The number of aromatic amines is 1. The highest BCUT2D eigenvalue weighted by molar-refractivity contribution is 5.84. The number of hydrogen-bond donors (Lipinski definition) is 2. The summed E-state index contributed by atoms with van der Waals surface area (Å²) in [5, 5.41) is 14.6. The summed E-state index contributed by atoms with van der Waals surface area (Å²) >= 11 is 0. The average Bonchev–Trinajstić information content (AvgIpc) is 2.85. The van der Waals surface area contributed by atoms with E-state index in [-0.39, 0.29) is 16.7 Å². The van der Waals surface area contributed by atoms with E-state index in [0.29, 0.717) is 18.8 Å². The second-order valence-electron chi connectivity index (χ2n) is 5.30. The fraction of sp³-hybridized carbons (Fsp3) is 0.250. The van der Waals surface area contributed by atoms with Gasteiger partial charge in [-0.05, 0) is 19.1 Å². The van der Waals surface area contributed by atoms with Gasteiger partial charge in [-0.2, -0.15) is 5.10 Å². The summed E-state index contributed by atoms with van der Waals surface area (Å²) in [6, 6.07) is 3.30. The van der Waals surface area contributed by atoms with Gasteiger partial charge in [0.1, 0.15) is 17.3 Å². The van der Waals surface area contributed by atoms with Crippen molar-refractivity contribution in [3.05, 3.63) is 45.8 Å². The van der Waals surface area contributed by atoms with Gasteiger partial charge in [-0.15, -0.1) is 0 Å². The minimum absolute atomic E-state index is 0.170. The van der Waals surface area contributed by atoms with E-state index >= 15 is 0 Å². The molecule has 3 aromatic rings. The van der Waals surface area contributed by atoms with Gasteiger partial charge in [0, 0.05) is 7.11 Å². The monoisotopic (exact) mass is 335 g/mol. The molecule has 0 bridgehead atoms. The molecule has 0 saturated carbocycles. The quantitative estimate of drug-likeness (QED) is 0.767. The minimum atomic E-state index is -0.889. The van der Waals surface area contributed by atoms with E-state index in [0.717, 1.165) is 12.1 Å². The zero-order valence-corrected chi connectivity index (χ0v) is 13.1. The molecule has 0 spiro atoms. The highest BCUT2D eigenvalue weighted by atomic mass is 19.1. The smallest absolute Gasteiger partial charge is 0.235 e. The third-order valence-corrected chi connectivity index (χ3v) is 3.77. The first kappa shape index (κ1) is 16.1. The summed E-state index contributed by atoms with van der Waals surface area (Å²) in [6.07, 6.45) is 0. The van der Waals surface area contributed by atoms with Crippen LogP contribution in [0, 0.1) is 18.6 Å². The number of pyridine rings is 1. The summed E-state index contributed by atoms with van der Waals surface area (Å²) in [4.78, 5) is 15.2. The lowest BCUT2D eigenvalue weighted by Gasteiger charge is -2.09. The molecule has 0 saturated heterocycles. The van der Waals surface area contributed by atoms with E-state index in [4.69, 9.17) is 4.74 Å². The van der Waals surface area contributed by atoms with Gasteiger partial charge >= 0.3 is 0 Å². The lowest BCUT2D eigenvalue weighted by atomic mass is 10.1. The van der Waals surface area contributed by atoms with Crippen molar-refractivity contribution in [2.75, 3.05) is 13.7 Å². The van der Waals surface area contributed by atoms with Gasteiger partial charge in [0.15, 0.2) is 5.75 Å². The van der Waals surface area contributed by atoms with Crippen molar-refractivity contribution in [3.8, 4) is 17.0 Å². The predicted molar refractivity (Wildman–Crippen MR) is 84.0 cm³/mol. The van der Waals surface area contributed by atoms with Gasteiger partial charge in [0.05, 0.1) is 35.5 Å². The Morgan fingerprint density at radius 2 is 2.00 bits per heavy atom. The first-order valence-corrected chi connectivity index (χ1v) is 7.21. The molecule has 1 aromatic carbocycles. The summed E-state index contributed by atoms with van der Waals surface area (Å²) in [7, 11) is 1.52. The van der Waals surface area contributed by atoms with Crippen molar-refractivity contribution < 1.29 is 18.6 Å². The number of aryl methyl sites for hydroxylation is 1. The number of aromatic nitrogens is 3. The molecular weight excluding hydrogens is 320 g/mol. The molecule has 0 aliphatic rings. The summed E-state index contributed by atoms with van der Waals surface area (Å²) in [5.74, 6) is -2.53. The Morgan fingerprint density at radius 1 is 1.33 bits per heavy atom. The van der Waals surface area contributed by atoms with Crippen LogP contribution in [0.1, 0.15) is 5.69 Å². The summed E-state index contributed by atoms with van der Waals surface area (Å²) in [6.45, 7) is 2.28. The average molecular weight is 335 g/mol. The molecule has 6 nitrogen and oxygen atoms in total. The second kappa shape index (κ2) is 6.04. The number of fused-ring (bicyclic) bond motifs is 1. The molecule has 2 aromatic heterocycles. The Bertz CT molecular complexity index is 959. The van der Waals surface area contributed by atoms with Crippen molar-refractivity contribution in [2.45, 2.75) is 13.5 Å². The SMILES string of the molecule is COCCn1nc(C)c2c(=O)c(O)c(-c3c(F)cccc3F)[nH]c21. The molecule has 0 radical (unpaired) electrons. The highest BCUT2D eigenvalue weighted by Gasteiger charge is 2.22. The number of ether oxygens (including phenoxy) is 1. The molecule has 2 N–H and O–H groups in total. The second-order valence-corrected chi connectivity index (χ2v) is 5.30. The molecule has 24 heavy (non-hydrogen) atoms. The van der Waals surface area contributed by atoms with Crippen molar-refractivity contribution in [1.82, 2.24) is 14.8 Å². The Balaban J connectivity index is 2.34. The molecule has 0 amide bonds. The number of methoxy groups -OCH3 is 1. The standard InChI is InChI=1S/C16H15F2N3O3/c1-8-11-14(22)15(23)13(12-9(17)4-3-5-10(12)18)19-16(11)21(20-8)6-7-24-2/h3-5,23H,6-7H2,1-2H3,(H,19,22). The molecular formula is C16H15F2N3O3. The van der Waals surface area contributed by atoms with Gasteiger partial charge in [0.2, 0.25) is 5.43 Å². The third kappa shape index (κ3) is 2.44. The van der Waals surface area contributed by atoms with Gasteiger partial charge < -0.3 is 14.8 Å². The molecule has 3 rings (SSSR count). The summed E-state index contributed by atoms with van der Waals surface area (Å²) in [5.41, 5.74) is -0.876.